The van der Waals surface area contributed by atoms with Gasteiger partial charge in [-0.15, -0.1) is 0 Å². The summed E-state index contributed by atoms with van der Waals surface area (Å²) in [7, 11) is 5.64. The molecule has 0 saturated carbocycles. The molecule has 0 fully saturated rings. The van der Waals surface area contributed by atoms with Gasteiger partial charge in [-0.1, -0.05) is 24.3 Å². The summed E-state index contributed by atoms with van der Waals surface area (Å²) >= 11 is 0. The fourth-order valence-corrected chi connectivity index (χ4v) is 3.54. The molecule has 32 heavy (non-hydrogen) atoms. The largest absolute Gasteiger partial charge is 0.489 e. The molecule has 0 aromatic heterocycles. The molecule has 0 amide bonds. The minimum absolute atomic E-state index is 0.160. The van der Waals surface area contributed by atoms with Crippen molar-refractivity contribution in [1.29, 1.82) is 0 Å². The van der Waals surface area contributed by atoms with E-state index in [4.69, 9.17) is 9.47 Å². The minimum Gasteiger partial charge on any atom is -0.489 e. The van der Waals surface area contributed by atoms with Crippen molar-refractivity contribution in [3.63, 3.8) is 0 Å². The van der Waals surface area contributed by atoms with Crippen LogP contribution in [-0.4, -0.2) is 32.2 Å². The summed E-state index contributed by atoms with van der Waals surface area (Å²) in [6, 6.07) is 16.8. The summed E-state index contributed by atoms with van der Waals surface area (Å²) in [5, 5.41) is 19.1. The van der Waals surface area contributed by atoms with Crippen LogP contribution in [-0.2, 0) is 13.2 Å². The Morgan fingerprint density at radius 1 is 0.781 bits per heavy atom. The number of carboxylic acids is 1. The van der Waals surface area contributed by atoms with E-state index in [-0.39, 0.29) is 12.2 Å². The van der Waals surface area contributed by atoms with Crippen molar-refractivity contribution in [3.05, 3.63) is 76.9 Å². The third kappa shape index (κ3) is 5.24. The number of benzene rings is 3. The van der Waals surface area contributed by atoms with Crippen LogP contribution in [0.5, 0.6) is 11.5 Å². The lowest BCUT2D eigenvalue weighted by Crippen LogP contribution is -2.08. The van der Waals surface area contributed by atoms with Gasteiger partial charge >= 0.3 is 5.97 Å². The summed E-state index contributed by atoms with van der Waals surface area (Å²) in [5.41, 5.74) is 5.58. The van der Waals surface area contributed by atoms with E-state index in [1.807, 2.05) is 57.5 Å². The van der Waals surface area contributed by atoms with Crippen LogP contribution in [0.3, 0.4) is 0 Å². The molecule has 0 radical (unpaired) electrons. The number of aromatic carboxylic acids is 1. The van der Waals surface area contributed by atoms with E-state index in [1.54, 1.807) is 25.1 Å². The van der Waals surface area contributed by atoms with Crippen molar-refractivity contribution >= 4 is 23.0 Å². The molecule has 3 rings (SSSR count). The zero-order valence-corrected chi connectivity index (χ0v) is 18.8. The maximum absolute atomic E-state index is 11.6. The van der Waals surface area contributed by atoms with Crippen molar-refractivity contribution in [1.82, 2.24) is 0 Å². The number of carboxylic acid groups (broad SMARTS) is 1. The van der Waals surface area contributed by atoms with Gasteiger partial charge in [0.15, 0.2) is 0 Å². The predicted molar refractivity (Wildman–Crippen MR) is 128 cm³/mol. The Morgan fingerprint density at radius 2 is 1.34 bits per heavy atom. The quantitative estimate of drug-likeness (QED) is 0.357. The van der Waals surface area contributed by atoms with Crippen LogP contribution >= 0.6 is 0 Å². The van der Waals surface area contributed by atoms with E-state index >= 15 is 0 Å². The van der Waals surface area contributed by atoms with Crippen LogP contribution in [0.1, 0.15) is 27.0 Å². The molecular weight excluding hydrogens is 406 g/mol. The summed E-state index contributed by atoms with van der Waals surface area (Å²) in [6.07, 6.45) is 0. The Balaban J connectivity index is 1.72. The van der Waals surface area contributed by atoms with Gasteiger partial charge in [0.05, 0.1) is 16.9 Å². The van der Waals surface area contributed by atoms with Gasteiger partial charge in [-0.05, 0) is 36.8 Å². The molecule has 168 valence electrons. The minimum atomic E-state index is -0.954. The Hall–Kier alpha value is -3.87. The van der Waals surface area contributed by atoms with Crippen molar-refractivity contribution in [2.24, 2.45) is 0 Å². The molecule has 7 nitrogen and oxygen atoms in total. The standard InChI is InChI=1S/C25H29N3O4/c1-16-7-5-8-17(24(16)25(29)30)14-31-19-9-6-10-20(12-19)32-15-18-11-22(27-3)23(28-4)13-21(18)26-2/h5-13,26-28H,14-15H2,1-4H3,(H,29,30). The number of ether oxygens (including phenoxy) is 2. The van der Waals surface area contributed by atoms with E-state index in [2.05, 4.69) is 16.0 Å². The SMILES string of the molecule is CNc1cc(NC)c(NC)cc1COc1cccc(OCc2cccc(C)c2C(=O)O)c1. The van der Waals surface area contributed by atoms with Crippen LogP contribution in [0.4, 0.5) is 17.1 Å². The highest BCUT2D eigenvalue weighted by Gasteiger charge is 2.13. The topological polar surface area (TPSA) is 91.9 Å². The molecule has 3 aromatic rings. The number of carbonyl (C=O) groups is 1. The molecule has 0 aliphatic heterocycles. The van der Waals surface area contributed by atoms with Crippen LogP contribution in [0.15, 0.2) is 54.6 Å². The van der Waals surface area contributed by atoms with Gasteiger partial charge in [0.1, 0.15) is 24.7 Å². The first-order chi connectivity index (χ1) is 15.5. The van der Waals surface area contributed by atoms with Crippen molar-refractivity contribution in [2.75, 3.05) is 37.1 Å². The molecule has 3 aromatic carbocycles. The lowest BCUT2D eigenvalue weighted by atomic mass is 10.0. The zero-order valence-electron chi connectivity index (χ0n) is 18.8. The predicted octanol–water partition coefficient (Wildman–Crippen LogP) is 4.98. The average Bonchev–Trinajstić information content (AvgIpc) is 2.80. The zero-order chi connectivity index (χ0) is 23.1. The molecule has 0 aliphatic carbocycles. The van der Waals surface area contributed by atoms with Crippen LogP contribution in [0.2, 0.25) is 0 Å². The number of anilines is 3. The van der Waals surface area contributed by atoms with Gasteiger partial charge in [-0.3, -0.25) is 0 Å². The lowest BCUT2D eigenvalue weighted by Gasteiger charge is -2.17. The van der Waals surface area contributed by atoms with E-state index in [1.165, 1.54) is 0 Å². The molecule has 0 heterocycles. The maximum atomic E-state index is 11.6. The Labute approximate surface area is 188 Å². The number of hydrogen-bond acceptors (Lipinski definition) is 6. The molecule has 0 saturated heterocycles. The molecule has 7 heteroatoms. The second-order valence-corrected chi connectivity index (χ2v) is 7.27. The Kier molecular flexibility index (Phi) is 7.44. The number of hydrogen-bond donors (Lipinski definition) is 4. The summed E-state index contributed by atoms with van der Waals surface area (Å²) < 4.78 is 11.9. The van der Waals surface area contributed by atoms with Crippen molar-refractivity contribution in [2.45, 2.75) is 20.1 Å². The highest BCUT2D eigenvalue weighted by Crippen LogP contribution is 2.30. The smallest absolute Gasteiger partial charge is 0.336 e. The third-order valence-corrected chi connectivity index (χ3v) is 5.22. The van der Waals surface area contributed by atoms with Gasteiger partial charge in [0.25, 0.3) is 0 Å². The van der Waals surface area contributed by atoms with Gasteiger partial charge in [0.2, 0.25) is 0 Å². The van der Waals surface area contributed by atoms with Gasteiger partial charge in [-0.2, -0.15) is 0 Å². The second kappa shape index (κ2) is 10.4. The monoisotopic (exact) mass is 435 g/mol. The Morgan fingerprint density at radius 3 is 1.94 bits per heavy atom. The first-order valence-corrected chi connectivity index (χ1v) is 10.3. The van der Waals surface area contributed by atoms with Gasteiger partial charge in [0, 0.05) is 44.0 Å². The molecule has 0 aliphatic rings. The Bertz CT molecular complexity index is 1100. The van der Waals surface area contributed by atoms with Crippen molar-refractivity contribution < 1.29 is 19.4 Å². The highest BCUT2D eigenvalue weighted by atomic mass is 16.5. The molecule has 4 N–H and O–H groups in total. The highest BCUT2D eigenvalue weighted by molar-refractivity contribution is 5.91. The van der Waals surface area contributed by atoms with E-state index in [0.29, 0.717) is 29.2 Å². The van der Waals surface area contributed by atoms with E-state index in [9.17, 15) is 9.90 Å². The average molecular weight is 436 g/mol. The summed E-state index contributed by atoms with van der Waals surface area (Å²) in [4.78, 5) is 11.6. The van der Waals surface area contributed by atoms with Crippen molar-refractivity contribution in [3.8, 4) is 11.5 Å². The van der Waals surface area contributed by atoms with E-state index in [0.717, 1.165) is 22.6 Å². The summed E-state index contributed by atoms with van der Waals surface area (Å²) in [5.74, 6) is 0.316. The summed E-state index contributed by atoms with van der Waals surface area (Å²) in [6.45, 7) is 2.32. The van der Waals surface area contributed by atoms with Crippen LogP contribution in [0.25, 0.3) is 0 Å². The van der Waals surface area contributed by atoms with Crippen LogP contribution < -0.4 is 25.4 Å². The first kappa shape index (κ1) is 22.8. The molecule has 0 bridgehead atoms. The van der Waals surface area contributed by atoms with E-state index < -0.39 is 5.97 Å². The number of aryl methyl sites for hydroxylation is 1. The molecule has 0 spiro atoms. The second-order valence-electron chi connectivity index (χ2n) is 7.27. The number of rotatable bonds is 10. The molecule has 0 atom stereocenters. The van der Waals surface area contributed by atoms with Crippen LogP contribution in [0, 0.1) is 6.92 Å². The number of nitrogens with one attached hydrogen (secondary N) is 3. The first-order valence-electron chi connectivity index (χ1n) is 10.3. The molecule has 0 unspecified atom stereocenters. The van der Waals surface area contributed by atoms with Gasteiger partial charge < -0.3 is 30.5 Å². The fraction of sp³-hybridized carbons (Fsp3) is 0.240. The lowest BCUT2D eigenvalue weighted by molar-refractivity contribution is 0.0693. The fourth-order valence-electron chi connectivity index (χ4n) is 3.54. The normalized spacial score (nSPS) is 10.4. The molecular formula is C25H29N3O4. The van der Waals surface area contributed by atoms with Gasteiger partial charge in [-0.25, -0.2) is 4.79 Å². The third-order valence-electron chi connectivity index (χ3n) is 5.22. The maximum Gasteiger partial charge on any atom is 0.336 e.